The Balaban J connectivity index is 1.05. The lowest BCUT2D eigenvalue weighted by Gasteiger charge is -2.27. The van der Waals surface area contributed by atoms with Crippen LogP contribution in [0.15, 0.2) is 243 Å². The molecule has 2 aromatic heterocycles. The Morgan fingerprint density at radius 2 is 0.877 bits per heavy atom. The van der Waals surface area contributed by atoms with Gasteiger partial charge < -0.3 is 9.47 Å². The molecule has 0 amide bonds. The third-order valence-corrected chi connectivity index (χ3v) is 14.4. The van der Waals surface area contributed by atoms with E-state index in [-0.39, 0.29) is 0 Å². The van der Waals surface area contributed by atoms with Gasteiger partial charge in [0.25, 0.3) is 0 Å². The fourth-order valence-corrected chi connectivity index (χ4v) is 11.5. The van der Waals surface area contributed by atoms with Crippen LogP contribution in [-0.4, -0.2) is 4.57 Å². The molecule has 0 aliphatic rings. The van der Waals surface area contributed by atoms with Crippen LogP contribution in [0.5, 0.6) is 0 Å². The normalized spacial score (nSPS) is 11.7. The molecule has 0 spiro atoms. The van der Waals surface area contributed by atoms with Crippen LogP contribution in [0.25, 0.3) is 103 Å². The molecule has 2 heterocycles. The molecular weight excluding hydrogens is 805 g/mol. The largest absolute Gasteiger partial charge is 0.309 e. The van der Waals surface area contributed by atoms with Crippen molar-refractivity contribution in [2.24, 2.45) is 0 Å². The second-order valence-corrected chi connectivity index (χ2v) is 17.9. The minimum absolute atomic E-state index is 1.09. The first-order valence-electron chi connectivity index (χ1n) is 22.2. The minimum Gasteiger partial charge on any atom is -0.309 e. The molecule has 2 nitrogen and oxygen atoms in total. The molecule has 0 aliphatic heterocycles. The zero-order valence-electron chi connectivity index (χ0n) is 35.4. The van der Waals surface area contributed by atoms with Crippen molar-refractivity contribution in [1.29, 1.82) is 0 Å². The number of hydrogen-bond donors (Lipinski definition) is 0. The number of benzene rings is 11. The average Bonchev–Trinajstić information content (AvgIpc) is 3.93. The second-order valence-electron chi connectivity index (χ2n) is 16.8. The first kappa shape index (κ1) is 37.3. The number of rotatable bonds is 7. The van der Waals surface area contributed by atoms with E-state index in [0.717, 1.165) is 28.3 Å². The number of hydrogen-bond acceptors (Lipinski definition) is 2. The number of nitrogens with zero attached hydrogens (tertiary/aromatic N) is 2. The first-order chi connectivity index (χ1) is 32.2. The Morgan fingerprint density at radius 3 is 1.69 bits per heavy atom. The summed E-state index contributed by atoms with van der Waals surface area (Å²) in [4.78, 5) is 2.49. The Hall–Kier alpha value is -8.24. The van der Waals surface area contributed by atoms with Crippen molar-refractivity contribution in [3.05, 3.63) is 243 Å². The van der Waals surface area contributed by atoms with E-state index in [1.54, 1.807) is 0 Å². The standard InChI is InChI=1S/C62H40N2S/c1-3-16-41(17-4-1)44-21-13-24-47(38-44)64-58-30-12-11-28-54(58)55-35-33-48(40-60(55)64)63(59-31-15-29-56-57-34-32-43-20-7-8-25-51(43)61(57)65-62(56)59)46-23-14-22-45(39-46)50-37-36-49(42-18-5-2-6-19-42)52-26-9-10-27-53(50)52/h1-40H. The van der Waals surface area contributed by atoms with E-state index in [2.05, 4.69) is 252 Å². The summed E-state index contributed by atoms with van der Waals surface area (Å²) in [6, 6.07) is 89.0. The molecule has 304 valence electrons. The van der Waals surface area contributed by atoms with E-state index >= 15 is 0 Å². The number of thiophene rings is 1. The summed E-state index contributed by atoms with van der Waals surface area (Å²) in [6.45, 7) is 0. The molecule has 0 unspecified atom stereocenters. The number of fused-ring (bicyclic) bond motifs is 9. The monoisotopic (exact) mass is 844 g/mol. The van der Waals surface area contributed by atoms with Gasteiger partial charge >= 0.3 is 0 Å². The van der Waals surface area contributed by atoms with Gasteiger partial charge in [-0.05, 0) is 103 Å². The number of aromatic nitrogens is 1. The Bertz CT molecular complexity index is 3950. The summed E-state index contributed by atoms with van der Waals surface area (Å²) < 4.78 is 5.03. The van der Waals surface area contributed by atoms with Crippen molar-refractivity contribution in [1.82, 2.24) is 4.57 Å². The van der Waals surface area contributed by atoms with E-state index in [4.69, 9.17) is 0 Å². The predicted octanol–water partition coefficient (Wildman–Crippen LogP) is 17.9. The van der Waals surface area contributed by atoms with E-state index in [1.807, 2.05) is 11.3 Å². The van der Waals surface area contributed by atoms with Crippen LogP contribution in [0.4, 0.5) is 17.1 Å². The molecule has 0 atom stereocenters. The smallest absolute Gasteiger partial charge is 0.0640 e. The molecule has 0 bridgehead atoms. The molecule has 11 aromatic carbocycles. The molecule has 65 heavy (non-hydrogen) atoms. The summed E-state index contributed by atoms with van der Waals surface area (Å²) in [5, 5.41) is 10.0. The highest BCUT2D eigenvalue weighted by Gasteiger charge is 2.22. The summed E-state index contributed by atoms with van der Waals surface area (Å²) >= 11 is 1.90. The molecule has 13 rings (SSSR count). The Morgan fingerprint density at radius 1 is 0.308 bits per heavy atom. The van der Waals surface area contributed by atoms with Crippen molar-refractivity contribution in [2.75, 3.05) is 4.90 Å². The number of para-hydroxylation sites is 1. The van der Waals surface area contributed by atoms with Crippen molar-refractivity contribution in [3.63, 3.8) is 0 Å². The van der Waals surface area contributed by atoms with E-state index in [1.165, 1.54) is 91.4 Å². The van der Waals surface area contributed by atoms with Gasteiger partial charge in [-0.2, -0.15) is 0 Å². The molecule has 0 radical (unpaired) electrons. The summed E-state index contributed by atoms with van der Waals surface area (Å²) in [7, 11) is 0. The molecular formula is C62H40N2S. The van der Waals surface area contributed by atoms with Gasteiger partial charge in [-0.15, -0.1) is 11.3 Å². The lowest BCUT2D eigenvalue weighted by Crippen LogP contribution is -2.10. The van der Waals surface area contributed by atoms with Gasteiger partial charge in [0.15, 0.2) is 0 Å². The molecule has 0 aliphatic carbocycles. The molecule has 3 heteroatoms. The number of anilines is 3. The van der Waals surface area contributed by atoms with Crippen LogP contribution in [0.1, 0.15) is 0 Å². The van der Waals surface area contributed by atoms with Crippen LogP contribution in [0.3, 0.4) is 0 Å². The van der Waals surface area contributed by atoms with Gasteiger partial charge in [0.05, 0.1) is 21.4 Å². The molecule has 0 fully saturated rings. The van der Waals surface area contributed by atoms with E-state index in [9.17, 15) is 0 Å². The van der Waals surface area contributed by atoms with Gasteiger partial charge in [-0.1, -0.05) is 194 Å². The maximum Gasteiger partial charge on any atom is 0.0640 e. The van der Waals surface area contributed by atoms with Crippen LogP contribution < -0.4 is 4.90 Å². The second kappa shape index (κ2) is 15.2. The zero-order valence-corrected chi connectivity index (χ0v) is 36.2. The SMILES string of the molecule is c1ccc(-c2cccc(-n3c4ccccc4c4ccc(N(c5cccc(-c6ccc(-c7ccccc7)c7ccccc67)c5)c5cccc6c5sc5c7ccccc7ccc65)cc43)c2)cc1. The molecule has 0 N–H and O–H groups in total. The van der Waals surface area contributed by atoms with Crippen molar-refractivity contribution in [2.45, 2.75) is 0 Å². The average molecular weight is 845 g/mol. The quantitative estimate of drug-likeness (QED) is 0.155. The summed E-state index contributed by atoms with van der Waals surface area (Å²) in [5.74, 6) is 0. The van der Waals surface area contributed by atoms with E-state index in [0.29, 0.717) is 0 Å². The zero-order chi connectivity index (χ0) is 42.8. The fraction of sp³-hybridized carbons (Fsp3) is 0. The third kappa shape index (κ3) is 6.16. The molecule has 0 saturated carbocycles. The van der Waals surface area contributed by atoms with Crippen molar-refractivity contribution >= 4 is 91.9 Å². The predicted molar refractivity (Wildman–Crippen MR) is 280 cm³/mol. The van der Waals surface area contributed by atoms with Crippen molar-refractivity contribution in [3.8, 4) is 39.1 Å². The first-order valence-corrected chi connectivity index (χ1v) is 23.1. The third-order valence-electron chi connectivity index (χ3n) is 13.2. The van der Waals surface area contributed by atoms with Gasteiger partial charge in [0.2, 0.25) is 0 Å². The van der Waals surface area contributed by atoms with Gasteiger partial charge in [0, 0.05) is 43.3 Å². The summed E-state index contributed by atoms with van der Waals surface area (Å²) in [5.41, 5.74) is 14.1. The van der Waals surface area contributed by atoms with Gasteiger partial charge in [-0.25, -0.2) is 0 Å². The summed E-state index contributed by atoms with van der Waals surface area (Å²) in [6.07, 6.45) is 0. The van der Waals surface area contributed by atoms with Crippen molar-refractivity contribution < 1.29 is 0 Å². The highest BCUT2D eigenvalue weighted by Crippen LogP contribution is 2.48. The topological polar surface area (TPSA) is 8.17 Å². The van der Waals surface area contributed by atoms with Crippen LogP contribution in [-0.2, 0) is 0 Å². The minimum atomic E-state index is 1.09. The maximum atomic E-state index is 2.49. The lowest BCUT2D eigenvalue weighted by molar-refractivity contribution is 1.18. The molecule has 0 saturated heterocycles. The molecule has 13 aromatic rings. The van der Waals surface area contributed by atoms with E-state index < -0.39 is 0 Å². The Labute approximate surface area is 381 Å². The van der Waals surface area contributed by atoms with Crippen LogP contribution >= 0.6 is 11.3 Å². The fourth-order valence-electron chi connectivity index (χ4n) is 10.2. The Kier molecular flexibility index (Phi) is 8.75. The maximum absolute atomic E-state index is 2.49. The highest BCUT2D eigenvalue weighted by atomic mass is 32.1. The van der Waals surface area contributed by atoms with Gasteiger partial charge in [0.1, 0.15) is 0 Å². The lowest BCUT2D eigenvalue weighted by atomic mass is 9.92. The highest BCUT2D eigenvalue weighted by molar-refractivity contribution is 7.27. The van der Waals surface area contributed by atoms with Gasteiger partial charge in [-0.3, -0.25) is 0 Å². The van der Waals surface area contributed by atoms with Crippen LogP contribution in [0, 0.1) is 0 Å². The van der Waals surface area contributed by atoms with Crippen LogP contribution in [0.2, 0.25) is 0 Å².